The molecule has 104 valence electrons. The first kappa shape index (κ1) is 12.8. The first-order chi connectivity index (χ1) is 9.74. The van der Waals surface area contributed by atoms with Crippen LogP contribution in [0.3, 0.4) is 0 Å². The third-order valence-electron chi connectivity index (χ3n) is 3.52. The number of rotatable bonds is 4. The Kier molecular flexibility index (Phi) is 3.47. The molecule has 0 spiro atoms. The molecule has 0 aliphatic carbocycles. The van der Waals surface area contributed by atoms with Crippen molar-refractivity contribution in [3.63, 3.8) is 0 Å². The molecule has 1 aliphatic heterocycles. The SMILES string of the molecule is C[C@@H](NC(=O)c1cn(C2CNC2)nn1)c1ccccc1. The molecular weight excluding hydrogens is 254 g/mol. The lowest BCUT2D eigenvalue weighted by molar-refractivity contribution is 0.0934. The second-order valence-electron chi connectivity index (χ2n) is 5.00. The second kappa shape index (κ2) is 5.42. The molecule has 1 amide bonds. The minimum Gasteiger partial charge on any atom is -0.344 e. The molecule has 2 aromatic rings. The Hall–Kier alpha value is -2.21. The first-order valence-corrected chi connectivity index (χ1v) is 6.72. The fourth-order valence-corrected chi connectivity index (χ4v) is 2.12. The van der Waals surface area contributed by atoms with Crippen LogP contribution >= 0.6 is 0 Å². The molecule has 0 radical (unpaired) electrons. The van der Waals surface area contributed by atoms with Gasteiger partial charge in [-0.3, -0.25) is 4.79 Å². The van der Waals surface area contributed by atoms with Crippen molar-refractivity contribution in [2.45, 2.75) is 19.0 Å². The van der Waals surface area contributed by atoms with Gasteiger partial charge in [-0.1, -0.05) is 35.5 Å². The molecule has 1 atom stereocenters. The standard InChI is InChI=1S/C14H17N5O/c1-10(11-5-3-2-4-6-11)16-14(20)13-9-19(18-17-13)12-7-15-8-12/h2-6,9-10,12,15H,7-8H2,1H3,(H,16,20)/t10-/m1/s1. The molecule has 20 heavy (non-hydrogen) atoms. The monoisotopic (exact) mass is 271 g/mol. The maximum absolute atomic E-state index is 12.1. The topological polar surface area (TPSA) is 71.8 Å². The lowest BCUT2D eigenvalue weighted by Gasteiger charge is -2.26. The van der Waals surface area contributed by atoms with Gasteiger partial charge in [0, 0.05) is 13.1 Å². The molecule has 2 heterocycles. The van der Waals surface area contributed by atoms with E-state index in [0.29, 0.717) is 11.7 Å². The van der Waals surface area contributed by atoms with Crippen molar-refractivity contribution >= 4 is 5.91 Å². The van der Waals surface area contributed by atoms with Crippen LogP contribution in [0.1, 0.15) is 35.1 Å². The van der Waals surface area contributed by atoms with E-state index in [2.05, 4.69) is 20.9 Å². The first-order valence-electron chi connectivity index (χ1n) is 6.72. The van der Waals surface area contributed by atoms with Gasteiger partial charge in [0.1, 0.15) is 0 Å². The Morgan fingerprint density at radius 3 is 2.80 bits per heavy atom. The minimum absolute atomic E-state index is 0.0563. The fourth-order valence-electron chi connectivity index (χ4n) is 2.12. The van der Waals surface area contributed by atoms with Gasteiger partial charge in [-0.05, 0) is 12.5 Å². The van der Waals surface area contributed by atoms with Gasteiger partial charge < -0.3 is 10.6 Å². The van der Waals surface area contributed by atoms with Crippen molar-refractivity contribution in [1.82, 2.24) is 25.6 Å². The number of nitrogens with zero attached hydrogens (tertiary/aromatic N) is 3. The van der Waals surface area contributed by atoms with Gasteiger partial charge in [0.2, 0.25) is 0 Å². The molecule has 1 aromatic carbocycles. The van der Waals surface area contributed by atoms with Crippen LogP contribution in [0.25, 0.3) is 0 Å². The third kappa shape index (κ3) is 2.55. The fraction of sp³-hybridized carbons (Fsp3) is 0.357. The Morgan fingerprint density at radius 1 is 1.40 bits per heavy atom. The zero-order chi connectivity index (χ0) is 13.9. The van der Waals surface area contributed by atoms with E-state index in [1.165, 1.54) is 0 Å². The van der Waals surface area contributed by atoms with Crippen molar-refractivity contribution in [3.8, 4) is 0 Å². The molecule has 0 unspecified atom stereocenters. The summed E-state index contributed by atoms with van der Waals surface area (Å²) < 4.78 is 1.75. The van der Waals surface area contributed by atoms with Gasteiger partial charge in [0.05, 0.1) is 18.3 Å². The molecule has 6 nitrogen and oxygen atoms in total. The molecule has 0 saturated carbocycles. The minimum atomic E-state index is -0.195. The number of carbonyl (C=O) groups excluding carboxylic acids is 1. The van der Waals surface area contributed by atoms with Crippen LogP contribution in [0.2, 0.25) is 0 Å². The third-order valence-corrected chi connectivity index (χ3v) is 3.52. The van der Waals surface area contributed by atoms with Gasteiger partial charge in [-0.15, -0.1) is 5.10 Å². The van der Waals surface area contributed by atoms with E-state index in [0.717, 1.165) is 18.7 Å². The van der Waals surface area contributed by atoms with E-state index in [1.54, 1.807) is 10.9 Å². The normalized spacial score (nSPS) is 16.4. The summed E-state index contributed by atoms with van der Waals surface area (Å²) in [6.45, 7) is 3.71. The van der Waals surface area contributed by atoms with Crippen molar-refractivity contribution in [2.75, 3.05) is 13.1 Å². The van der Waals surface area contributed by atoms with Crippen molar-refractivity contribution in [3.05, 3.63) is 47.8 Å². The molecular formula is C14H17N5O. The average molecular weight is 271 g/mol. The summed E-state index contributed by atoms with van der Waals surface area (Å²) >= 11 is 0. The van der Waals surface area contributed by atoms with Gasteiger partial charge in [-0.25, -0.2) is 4.68 Å². The zero-order valence-corrected chi connectivity index (χ0v) is 11.3. The van der Waals surface area contributed by atoms with Crippen molar-refractivity contribution in [1.29, 1.82) is 0 Å². The summed E-state index contributed by atoms with van der Waals surface area (Å²) in [5.41, 5.74) is 1.43. The van der Waals surface area contributed by atoms with Crippen LogP contribution in [0.15, 0.2) is 36.5 Å². The number of carbonyl (C=O) groups is 1. The van der Waals surface area contributed by atoms with Gasteiger partial charge in [0.25, 0.3) is 5.91 Å². The van der Waals surface area contributed by atoms with E-state index >= 15 is 0 Å². The van der Waals surface area contributed by atoms with Crippen LogP contribution in [-0.2, 0) is 0 Å². The predicted molar refractivity (Wildman–Crippen MR) is 74.3 cm³/mol. The van der Waals surface area contributed by atoms with Gasteiger partial charge in [0.15, 0.2) is 5.69 Å². The van der Waals surface area contributed by atoms with Crippen LogP contribution < -0.4 is 10.6 Å². The summed E-state index contributed by atoms with van der Waals surface area (Å²) in [7, 11) is 0. The van der Waals surface area contributed by atoms with Crippen molar-refractivity contribution < 1.29 is 4.79 Å². The Labute approximate surface area is 117 Å². The molecule has 2 N–H and O–H groups in total. The summed E-state index contributed by atoms with van der Waals surface area (Å²) in [5.74, 6) is -0.195. The van der Waals surface area contributed by atoms with E-state index in [-0.39, 0.29) is 11.9 Å². The smallest absolute Gasteiger partial charge is 0.273 e. The molecule has 1 aliphatic rings. The van der Waals surface area contributed by atoms with Crippen LogP contribution in [-0.4, -0.2) is 34.0 Å². The van der Waals surface area contributed by atoms with E-state index in [1.807, 2.05) is 37.3 Å². The molecule has 1 saturated heterocycles. The zero-order valence-electron chi connectivity index (χ0n) is 11.3. The van der Waals surface area contributed by atoms with Gasteiger partial charge >= 0.3 is 0 Å². The number of aromatic nitrogens is 3. The van der Waals surface area contributed by atoms with Crippen LogP contribution in [0.5, 0.6) is 0 Å². The maximum Gasteiger partial charge on any atom is 0.273 e. The van der Waals surface area contributed by atoms with E-state index in [4.69, 9.17) is 0 Å². The molecule has 1 fully saturated rings. The highest BCUT2D eigenvalue weighted by atomic mass is 16.2. The molecule has 6 heteroatoms. The molecule has 3 rings (SSSR count). The highest BCUT2D eigenvalue weighted by Gasteiger charge is 2.22. The average Bonchev–Trinajstić information content (AvgIpc) is 2.87. The quantitative estimate of drug-likeness (QED) is 0.867. The largest absolute Gasteiger partial charge is 0.344 e. The Balaban J connectivity index is 1.65. The number of hydrogen-bond acceptors (Lipinski definition) is 4. The number of nitrogens with one attached hydrogen (secondary N) is 2. The number of benzene rings is 1. The van der Waals surface area contributed by atoms with Crippen LogP contribution in [0.4, 0.5) is 0 Å². The van der Waals surface area contributed by atoms with Crippen molar-refractivity contribution in [2.24, 2.45) is 0 Å². The van der Waals surface area contributed by atoms with E-state index in [9.17, 15) is 4.79 Å². The Bertz CT molecular complexity index is 591. The summed E-state index contributed by atoms with van der Waals surface area (Å²) in [5, 5.41) is 14.0. The second-order valence-corrected chi connectivity index (χ2v) is 5.00. The summed E-state index contributed by atoms with van der Waals surface area (Å²) in [4.78, 5) is 12.1. The molecule has 1 aromatic heterocycles. The lowest BCUT2D eigenvalue weighted by Crippen LogP contribution is -2.43. The predicted octanol–water partition coefficient (Wildman–Crippen LogP) is 0.913. The number of hydrogen-bond donors (Lipinski definition) is 2. The lowest BCUT2D eigenvalue weighted by atomic mass is 10.1. The highest BCUT2D eigenvalue weighted by Crippen LogP contribution is 2.13. The van der Waals surface area contributed by atoms with Gasteiger partial charge in [-0.2, -0.15) is 0 Å². The summed E-state index contributed by atoms with van der Waals surface area (Å²) in [6, 6.07) is 10.1. The van der Waals surface area contributed by atoms with Crippen LogP contribution in [0, 0.1) is 0 Å². The summed E-state index contributed by atoms with van der Waals surface area (Å²) in [6.07, 6.45) is 1.71. The van der Waals surface area contributed by atoms with E-state index < -0.39 is 0 Å². The number of amides is 1. The highest BCUT2D eigenvalue weighted by molar-refractivity contribution is 5.92. The molecule has 0 bridgehead atoms. The Morgan fingerprint density at radius 2 is 2.15 bits per heavy atom. The maximum atomic E-state index is 12.1.